The molecule has 0 bridgehead atoms. The van der Waals surface area contributed by atoms with Crippen molar-refractivity contribution < 1.29 is 22.7 Å². The van der Waals surface area contributed by atoms with Crippen LogP contribution in [-0.2, 0) is 26.6 Å². The van der Waals surface area contributed by atoms with Crippen molar-refractivity contribution in [2.75, 3.05) is 32.8 Å². The van der Waals surface area contributed by atoms with Gasteiger partial charge in [0.05, 0.1) is 4.90 Å². The van der Waals surface area contributed by atoms with Crippen molar-refractivity contribution in [3.05, 3.63) is 54.4 Å². The first kappa shape index (κ1) is 19.1. The maximum atomic E-state index is 12.6. The Morgan fingerprint density at radius 1 is 1.00 bits per heavy atom. The number of sulfonamides is 1. The van der Waals surface area contributed by atoms with Crippen molar-refractivity contribution in [1.29, 1.82) is 0 Å². The summed E-state index contributed by atoms with van der Waals surface area (Å²) < 4.78 is 33.2. The Hall–Kier alpha value is -2.65. The Morgan fingerprint density at radius 3 is 2.26 bits per heavy atom. The van der Waals surface area contributed by atoms with Crippen LogP contribution in [0.3, 0.4) is 0 Å². The van der Waals surface area contributed by atoms with Crippen LogP contribution in [0.2, 0.25) is 0 Å². The van der Waals surface area contributed by atoms with Gasteiger partial charge in [-0.15, -0.1) is 0 Å². The number of esters is 1. The maximum Gasteiger partial charge on any atom is 0.355 e. The molecular weight excluding hydrogens is 370 g/mol. The van der Waals surface area contributed by atoms with Gasteiger partial charge in [0.15, 0.2) is 6.61 Å². The summed E-state index contributed by atoms with van der Waals surface area (Å²) in [6.07, 6.45) is 1.71. The third-order valence-electron chi connectivity index (χ3n) is 4.45. The topological polar surface area (TPSA) is 88.9 Å². The van der Waals surface area contributed by atoms with E-state index in [1.165, 1.54) is 9.21 Å². The minimum Gasteiger partial charge on any atom is -0.451 e. The van der Waals surface area contributed by atoms with Crippen molar-refractivity contribution in [3.63, 3.8) is 0 Å². The Balaban J connectivity index is 1.52. The Labute approximate surface area is 158 Å². The molecule has 144 valence electrons. The maximum absolute atomic E-state index is 12.6. The second-order valence-corrected chi connectivity index (χ2v) is 8.12. The normalized spacial score (nSPS) is 15.5. The summed E-state index contributed by atoms with van der Waals surface area (Å²) in [6, 6.07) is 11.5. The minimum absolute atomic E-state index is 0.203. The van der Waals surface area contributed by atoms with E-state index in [0.29, 0.717) is 5.69 Å². The molecule has 1 aliphatic heterocycles. The minimum atomic E-state index is -3.56. The van der Waals surface area contributed by atoms with Crippen molar-refractivity contribution in [2.24, 2.45) is 7.05 Å². The summed E-state index contributed by atoms with van der Waals surface area (Å²) >= 11 is 0. The molecule has 1 aliphatic rings. The van der Waals surface area contributed by atoms with E-state index in [2.05, 4.69) is 0 Å². The molecule has 0 N–H and O–H groups in total. The quantitative estimate of drug-likeness (QED) is 0.701. The highest BCUT2D eigenvalue weighted by Gasteiger charge is 2.30. The molecule has 1 aromatic carbocycles. The van der Waals surface area contributed by atoms with Crippen molar-refractivity contribution >= 4 is 21.9 Å². The SMILES string of the molecule is Cn1cccc1C(=O)OCC(=O)N1CCN(S(=O)(=O)c2ccccc2)CC1. The lowest BCUT2D eigenvalue weighted by Gasteiger charge is -2.33. The number of aromatic nitrogens is 1. The van der Waals surface area contributed by atoms with Crippen LogP contribution in [0, 0.1) is 0 Å². The molecule has 1 fully saturated rings. The Bertz CT molecular complexity index is 915. The van der Waals surface area contributed by atoms with Crippen LogP contribution in [-0.4, -0.2) is 66.9 Å². The van der Waals surface area contributed by atoms with Gasteiger partial charge in [-0.2, -0.15) is 4.31 Å². The number of piperazine rings is 1. The van der Waals surface area contributed by atoms with E-state index in [1.807, 2.05) is 0 Å². The van der Waals surface area contributed by atoms with Gasteiger partial charge in [0.2, 0.25) is 10.0 Å². The zero-order valence-electron chi connectivity index (χ0n) is 14.9. The van der Waals surface area contributed by atoms with E-state index in [1.54, 1.807) is 60.3 Å². The van der Waals surface area contributed by atoms with E-state index in [4.69, 9.17) is 4.74 Å². The van der Waals surface area contributed by atoms with Crippen molar-refractivity contribution in [3.8, 4) is 0 Å². The summed E-state index contributed by atoms with van der Waals surface area (Å²) in [4.78, 5) is 26.0. The number of hydrogen-bond donors (Lipinski definition) is 0. The highest BCUT2D eigenvalue weighted by atomic mass is 32.2. The largest absolute Gasteiger partial charge is 0.451 e. The third-order valence-corrected chi connectivity index (χ3v) is 6.36. The van der Waals surface area contributed by atoms with Crippen molar-refractivity contribution in [2.45, 2.75) is 4.90 Å². The molecule has 2 aromatic rings. The summed E-state index contributed by atoms with van der Waals surface area (Å²) in [5.74, 6) is -0.907. The molecule has 0 spiro atoms. The van der Waals surface area contributed by atoms with Gasteiger partial charge in [0.25, 0.3) is 5.91 Å². The first-order valence-corrected chi connectivity index (χ1v) is 9.95. The highest BCUT2D eigenvalue weighted by molar-refractivity contribution is 7.89. The fraction of sp³-hybridized carbons (Fsp3) is 0.333. The summed E-state index contributed by atoms with van der Waals surface area (Å²) in [5.41, 5.74) is 0.363. The van der Waals surface area contributed by atoms with Gasteiger partial charge in [-0.05, 0) is 24.3 Å². The van der Waals surface area contributed by atoms with Crippen LogP contribution in [0.25, 0.3) is 0 Å². The molecule has 0 radical (unpaired) electrons. The number of ether oxygens (including phenoxy) is 1. The standard InChI is InChI=1S/C18H21N3O5S/c1-19-9-5-8-16(19)18(23)26-14-17(22)20-10-12-21(13-11-20)27(24,25)15-6-3-2-4-7-15/h2-9H,10-14H2,1H3. The lowest BCUT2D eigenvalue weighted by Crippen LogP contribution is -2.51. The molecule has 3 rings (SSSR count). The van der Waals surface area contributed by atoms with Gasteiger partial charge in [-0.25, -0.2) is 13.2 Å². The molecular formula is C18H21N3O5S. The molecule has 8 nitrogen and oxygen atoms in total. The lowest BCUT2D eigenvalue weighted by atomic mass is 10.3. The van der Waals surface area contributed by atoms with E-state index in [0.717, 1.165) is 0 Å². The lowest BCUT2D eigenvalue weighted by molar-refractivity contribution is -0.135. The monoisotopic (exact) mass is 391 g/mol. The number of benzene rings is 1. The Morgan fingerprint density at radius 2 is 1.67 bits per heavy atom. The number of hydrogen-bond acceptors (Lipinski definition) is 5. The predicted molar refractivity (Wildman–Crippen MR) is 97.5 cm³/mol. The zero-order valence-corrected chi connectivity index (χ0v) is 15.8. The Kier molecular flexibility index (Phi) is 5.62. The number of carbonyl (C=O) groups is 2. The van der Waals surface area contributed by atoms with E-state index in [9.17, 15) is 18.0 Å². The highest BCUT2D eigenvalue weighted by Crippen LogP contribution is 2.17. The smallest absolute Gasteiger partial charge is 0.355 e. The molecule has 27 heavy (non-hydrogen) atoms. The molecule has 1 saturated heterocycles. The predicted octanol–water partition coefficient (Wildman–Crippen LogP) is 0.715. The van der Waals surface area contributed by atoms with Crippen molar-refractivity contribution in [1.82, 2.24) is 13.8 Å². The molecule has 0 unspecified atom stereocenters. The summed E-state index contributed by atoms with van der Waals surface area (Å²) in [6.45, 7) is 0.554. The third kappa shape index (κ3) is 4.20. The van der Waals surface area contributed by atoms with Gasteiger partial charge in [-0.3, -0.25) is 4.79 Å². The van der Waals surface area contributed by atoms with Crippen LogP contribution >= 0.6 is 0 Å². The first-order valence-electron chi connectivity index (χ1n) is 8.51. The van der Waals surface area contributed by atoms with Gasteiger partial charge in [0, 0.05) is 39.4 Å². The second-order valence-electron chi connectivity index (χ2n) is 6.18. The van der Waals surface area contributed by atoms with E-state index >= 15 is 0 Å². The number of carbonyl (C=O) groups excluding carboxylic acids is 2. The number of amides is 1. The molecule has 0 atom stereocenters. The van der Waals surface area contributed by atoms with Crippen LogP contribution in [0.5, 0.6) is 0 Å². The zero-order chi connectivity index (χ0) is 19.4. The van der Waals surface area contributed by atoms with Gasteiger partial charge < -0.3 is 14.2 Å². The van der Waals surface area contributed by atoms with Crippen LogP contribution < -0.4 is 0 Å². The van der Waals surface area contributed by atoms with Gasteiger partial charge in [-0.1, -0.05) is 18.2 Å². The van der Waals surface area contributed by atoms with E-state index < -0.39 is 16.0 Å². The molecule has 9 heteroatoms. The summed E-state index contributed by atoms with van der Waals surface area (Å²) in [7, 11) is -1.85. The fourth-order valence-corrected chi connectivity index (χ4v) is 4.33. The van der Waals surface area contributed by atoms with Crippen LogP contribution in [0.15, 0.2) is 53.6 Å². The summed E-state index contributed by atoms with van der Waals surface area (Å²) in [5, 5.41) is 0. The van der Waals surface area contributed by atoms with Gasteiger partial charge >= 0.3 is 5.97 Å². The second kappa shape index (κ2) is 7.93. The molecule has 1 amide bonds. The number of nitrogens with zero attached hydrogens (tertiary/aromatic N) is 3. The molecule has 1 aromatic heterocycles. The molecule has 0 aliphatic carbocycles. The van der Waals surface area contributed by atoms with E-state index in [-0.39, 0.29) is 43.6 Å². The average molecular weight is 391 g/mol. The number of rotatable bonds is 5. The number of aryl methyl sites for hydroxylation is 1. The molecule has 0 saturated carbocycles. The van der Waals surface area contributed by atoms with Crippen LogP contribution in [0.4, 0.5) is 0 Å². The first-order chi connectivity index (χ1) is 12.9. The molecule has 2 heterocycles. The van der Waals surface area contributed by atoms with Crippen LogP contribution in [0.1, 0.15) is 10.5 Å². The average Bonchev–Trinajstić information content (AvgIpc) is 3.12. The van der Waals surface area contributed by atoms with Gasteiger partial charge in [0.1, 0.15) is 5.69 Å². The fourth-order valence-electron chi connectivity index (χ4n) is 2.89.